The molecule has 0 saturated heterocycles. The molecule has 0 aliphatic carbocycles. The Labute approximate surface area is 130 Å². The number of nitrogens with zero attached hydrogens (tertiary/aromatic N) is 3. The van der Waals surface area contributed by atoms with Crippen molar-refractivity contribution in [2.75, 3.05) is 6.26 Å². The van der Waals surface area contributed by atoms with E-state index in [2.05, 4.69) is 30.5 Å². The minimum atomic E-state index is 0.890. The summed E-state index contributed by atoms with van der Waals surface area (Å²) >= 11 is 3.38. The van der Waals surface area contributed by atoms with Gasteiger partial charge in [-0.05, 0) is 35.5 Å². The van der Waals surface area contributed by atoms with Crippen LogP contribution < -0.4 is 4.52 Å². The lowest BCUT2D eigenvalue weighted by atomic mass is 10.2. The standard InChI is InChI=1S/C16H12N3S2/c1-20-16-18-19-14(11-7-3-2-4-8-11)17-13-10-6-5-9-12(13)15(19)21-16/h2-10H,1H3/q+1. The van der Waals surface area contributed by atoms with Gasteiger partial charge < -0.3 is 0 Å². The number of hydrogen-bond acceptors (Lipinski definition) is 4. The molecular weight excluding hydrogens is 298 g/mol. The third-order valence-electron chi connectivity index (χ3n) is 3.33. The molecular formula is C16H12N3S2+. The Morgan fingerprint density at radius 2 is 1.76 bits per heavy atom. The number of thioether (sulfide) groups is 1. The molecule has 0 spiro atoms. The summed E-state index contributed by atoms with van der Waals surface area (Å²) in [6, 6.07) is 18.4. The smallest absolute Gasteiger partial charge is 0.0950 e. The molecule has 0 atom stereocenters. The lowest BCUT2D eigenvalue weighted by Gasteiger charge is -1.97. The fourth-order valence-electron chi connectivity index (χ4n) is 2.36. The van der Waals surface area contributed by atoms with Crippen molar-refractivity contribution >= 4 is 38.8 Å². The normalized spacial score (nSPS) is 11.3. The summed E-state index contributed by atoms with van der Waals surface area (Å²) in [5.74, 6) is 0.890. The molecule has 0 fully saturated rings. The highest BCUT2D eigenvalue weighted by Gasteiger charge is 2.22. The summed E-state index contributed by atoms with van der Waals surface area (Å²) in [6.07, 6.45) is 2.05. The Hall–Kier alpha value is -1.98. The van der Waals surface area contributed by atoms with E-state index >= 15 is 0 Å². The van der Waals surface area contributed by atoms with Gasteiger partial charge in [0.15, 0.2) is 9.86 Å². The van der Waals surface area contributed by atoms with Gasteiger partial charge in [0, 0.05) is 0 Å². The van der Waals surface area contributed by atoms with E-state index in [1.54, 1.807) is 23.1 Å². The first-order chi connectivity index (χ1) is 10.4. The minimum absolute atomic E-state index is 0.890. The summed E-state index contributed by atoms with van der Waals surface area (Å²) in [4.78, 5) is 5.96. The zero-order valence-electron chi connectivity index (χ0n) is 11.4. The first kappa shape index (κ1) is 12.7. The summed E-state index contributed by atoms with van der Waals surface area (Å²) < 4.78 is 3.01. The van der Waals surface area contributed by atoms with Crippen LogP contribution in [0.3, 0.4) is 0 Å². The molecule has 0 aliphatic rings. The Morgan fingerprint density at radius 3 is 2.57 bits per heavy atom. The van der Waals surface area contributed by atoms with Gasteiger partial charge in [-0.15, -0.1) is 0 Å². The maximum absolute atomic E-state index is 4.82. The SMILES string of the molecule is CSc1n[n+]2c(-c3ccccc3)nc3ccccc3c2s1. The quantitative estimate of drug-likeness (QED) is 0.416. The van der Waals surface area contributed by atoms with Gasteiger partial charge in [-0.25, -0.2) is 0 Å². The second-order valence-corrected chi connectivity index (χ2v) is 6.64. The summed E-state index contributed by atoms with van der Waals surface area (Å²) in [6.45, 7) is 0. The van der Waals surface area contributed by atoms with Gasteiger partial charge >= 0.3 is 5.82 Å². The fraction of sp³-hybridized carbons (Fsp3) is 0.0625. The van der Waals surface area contributed by atoms with Gasteiger partial charge in [0.1, 0.15) is 0 Å². The maximum Gasteiger partial charge on any atom is 0.357 e. The van der Waals surface area contributed by atoms with Crippen LogP contribution in [-0.2, 0) is 0 Å². The van der Waals surface area contributed by atoms with E-state index in [4.69, 9.17) is 10.1 Å². The highest BCUT2D eigenvalue weighted by molar-refractivity contribution is 8.00. The lowest BCUT2D eigenvalue weighted by molar-refractivity contribution is -0.569. The summed E-state index contributed by atoms with van der Waals surface area (Å²) in [5, 5.41) is 5.84. The Kier molecular flexibility index (Phi) is 3.09. The summed E-state index contributed by atoms with van der Waals surface area (Å²) in [7, 11) is 0. The Balaban J connectivity index is 2.15. The highest BCUT2D eigenvalue weighted by Crippen LogP contribution is 2.27. The molecule has 4 aromatic rings. The number of aromatic nitrogens is 3. The van der Waals surface area contributed by atoms with E-state index in [9.17, 15) is 0 Å². The third-order valence-corrected chi connectivity index (χ3v) is 5.35. The van der Waals surface area contributed by atoms with Crippen LogP contribution in [0.1, 0.15) is 0 Å². The van der Waals surface area contributed by atoms with E-state index in [0.717, 1.165) is 31.5 Å². The van der Waals surface area contributed by atoms with Crippen LogP contribution in [-0.4, -0.2) is 16.3 Å². The molecule has 2 aromatic heterocycles. The number of benzene rings is 2. The first-order valence-corrected chi connectivity index (χ1v) is 8.62. The molecule has 4 rings (SSSR count). The zero-order valence-corrected chi connectivity index (χ0v) is 13.0. The van der Waals surface area contributed by atoms with E-state index in [-0.39, 0.29) is 0 Å². The molecule has 0 radical (unpaired) electrons. The number of fused-ring (bicyclic) bond motifs is 3. The van der Waals surface area contributed by atoms with Crippen LogP contribution in [0, 0.1) is 0 Å². The number of hydrogen-bond donors (Lipinski definition) is 0. The third kappa shape index (κ3) is 2.09. The van der Waals surface area contributed by atoms with Gasteiger partial charge in [0.25, 0.3) is 0 Å². The topological polar surface area (TPSA) is 29.9 Å². The number of rotatable bonds is 2. The average molecular weight is 310 g/mol. The molecule has 0 bridgehead atoms. The Bertz CT molecular complexity index is 932. The van der Waals surface area contributed by atoms with Crippen molar-refractivity contribution in [3.63, 3.8) is 0 Å². The molecule has 2 heterocycles. The van der Waals surface area contributed by atoms with Crippen LogP contribution in [0.15, 0.2) is 58.9 Å². The molecule has 0 unspecified atom stereocenters. The lowest BCUT2D eigenvalue weighted by Crippen LogP contribution is -2.28. The predicted molar refractivity (Wildman–Crippen MR) is 87.8 cm³/mol. The minimum Gasteiger partial charge on any atom is -0.0950 e. The monoisotopic (exact) mass is 310 g/mol. The fourth-order valence-corrected chi connectivity index (χ4v) is 3.87. The van der Waals surface area contributed by atoms with Gasteiger partial charge in [0.2, 0.25) is 4.83 Å². The van der Waals surface area contributed by atoms with Gasteiger partial charge in [0.05, 0.1) is 10.9 Å². The summed E-state index contributed by atoms with van der Waals surface area (Å²) in [5.41, 5.74) is 2.09. The van der Waals surface area contributed by atoms with Crippen molar-refractivity contribution in [3.8, 4) is 11.4 Å². The molecule has 2 aromatic carbocycles. The number of para-hydroxylation sites is 1. The second-order valence-electron chi connectivity index (χ2n) is 4.61. The molecule has 5 heteroatoms. The predicted octanol–water partition coefficient (Wildman–Crippen LogP) is 3.82. The van der Waals surface area contributed by atoms with Crippen LogP contribution in [0.25, 0.3) is 27.1 Å². The first-order valence-electron chi connectivity index (χ1n) is 6.58. The van der Waals surface area contributed by atoms with Crippen molar-refractivity contribution in [2.24, 2.45) is 0 Å². The molecule has 0 amide bonds. The van der Waals surface area contributed by atoms with Crippen LogP contribution in [0.5, 0.6) is 0 Å². The Morgan fingerprint density at radius 1 is 1.00 bits per heavy atom. The van der Waals surface area contributed by atoms with E-state index < -0.39 is 0 Å². The van der Waals surface area contributed by atoms with Gasteiger partial charge in [-0.1, -0.05) is 63.0 Å². The molecule has 0 aliphatic heterocycles. The molecule has 0 N–H and O–H groups in total. The van der Waals surface area contributed by atoms with E-state index in [1.165, 1.54) is 0 Å². The van der Waals surface area contributed by atoms with E-state index in [0.29, 0.717) is 0 Å². The maximum atomic E-state index is 4.82. The second kappa shape index (κ2) is 5.09. The molecule has 21 heavy (non-hydrogen) atoms. The van der Waals surface area contributed by atoms with E-state index in [1.807, 2.05) is 34.8 Å². The zero-order chi connectivity index (χ0) is 14.2. The van der Waals surface area contributed by atoms with Crippen molar-refractivity contribution in [1.82, 2.24) is 10.1 Å². The van der Waals surface area contributed by atoms with Crippen molar-refractivity contribution < 1.29 is 4.52 Å². The van der Waals surface area contributed by atoms with Crippen molar-refractivity contribution in [3.05, 3.63) is 54.6 Å². The molecule has 102 valence electrons. The van der Waals surface area contributed by atoms with Crippen LogP contribution in [0.2, 0.25) is 0 Å². The molecule has 0 saturated carbocycles. The van der Waals surface area contributed by atoms with Crippen LogP contribution in [0.4, 0.5) is 0 Å². The average Bonchev–Trinajstić information content (AvgIpc) is 2.99. The molecule has 3 nitrogen and oxygen atoms in total. The van der Waals surface area contributed by atoms with Gasteiger partial charge in [-0.2, -0.15) is 0 Å². The van der Waals surface area contributed by atoms with Gasteiger partial charge in [-0.3, -0.25) is 0 Å². The largest absolute Gasteiger partial charge is 0.357 e. The van der Waals surface area contributed by atoms with Crippen LogP contribution >= 0.6 is 23.1 Å². The van der Waals surface area contributed by atoms with Crippen molar-refractivity contribution in [1.29, 1.82) is 0 Å². The van der Waals surface area contributed by atoms with Crippen molar-refractivity contribution in [2.45, 2.75) is 4.34 Å². The highest BCUT2D eigenvalue weighted by atomic mass is 32.2.